The summed E-state index contributed by atoms with van der Waals surface area (Å²) in [5.41, 5.74) is 0. The molecule has 0 amide bonds. The monoisotopic (exact) mass is 807 g/mol. The van der Waals surface area contributed by atoms with E-state index in [1.54, 1.807) is 0 Å². The predicted octanol–water partition coefficient (Wildman–Crippen LogP) is 16.4. The van der Waals surface area contributed by atoms with Crippen molar-refractivity contribution < 1.29 is 28.6 Å². The molecule has 6 heteroatoms. The number of hydrogen-bond donors (Lipinski definition) is 0. The molecule has 0 rings (SSSR count). The molecule has 57 heavy (non-hydrogen) atoms. The second-order valence-electron chi connectivity index (χ2n) is 17.5. The van der Waals surface area contributed by atoms with Gasteiger partial charge in [0.2, 0.25) is 0 Å². The van der Waals surface area contributed by atoms with Crippen LogP contribution < -0.4 is 0 Å². The largest absolute Gasteiger partial charge is 0.462 e. The lowest BCUT2D eigenvalue weighted by Crippen LogP contribution is -2.30. The van der Waals surface area contributed by atoms with E-state index in [1.807, 2.05) is 0 Å². The zero-order valence-electron chi connectivity index (χ0n) is 38.6. The number of carbonyl (C=O) groups excluding carboxylic acids is 3. The first-order chi connectivity index (χ1) is 28.0. The quantitative estimate of drug-likeness (QED) is 0.0346. The van der Waals surface area contributed by atoms with Crippen molar-refractivity contribution in [3.63, 3.8) is 0 Å². The summed E-state index contributed by atoms with van der Waals surface area (Å²) in [5.74, 6) is -0.844. The Bertz CT molecular complexity index is 844. The number of rotatable bonds is 47. The Labute approximate surface area is 355 Å². The third-order valence-electron chi connectivity index (χ3n) is 11.6. The highest BCUT2D eigenvalue weighted by Gasteiger charge is 2.19. The molecule has 0 saturated carbocycles. The van der Waals surface area contributed by atoms with Crippen molar-refractivity contribution in [2.24, 2.45) is 0 Å². The summed E-state index contributed by atoms with van der Waals surface area (Å²) < 4.78 is 16.8. The topological polar surface area (TPSA) is 78.9 Å². The fraction of sp³-hybridized carbons (Fsp3) is 0.941. The molecule has 1 atom stereocenters. The van der Waals surface area contributed by atoms with Gasteiger partial charge in [0.15, 0.2) is 6.10 Å². The van der Waals surface area contributed by atoms with E-state index in [4.69, 9.17) is 14.2 Å². The molecule has 0 N–H and O–H groups in total. The molecule has 0 saturated heterocycles. The summed E-state index contributed by atoms with van der Waals surface area (Å²) in [7, 11) is 0. The minimum atomic E-state index is -0.758. The normalized spacial score (nSPS) is 11.8. The highest BCUT2D eigenvalue weighted by Crippen LogP contribution is 2.17. The summed E-state index contributed by atoms with van der Waals surface area (Å²) in [6.07, 6.45) is 49.4. The molecule has 0 radical (unpaired) electrons. The van der Waals surface area contributed by atoms with Crippen LogP contribution in [0.2, 0.25) is 0 Å². The van der Waals surface area contributed by atoms with E-state index < -0.39 is 6.10 Å². The van der Waals surface area contributed by atoms with Gasteiger partial charge in [0, 0.05) is 19.3 Å². The minimum Gasteiger partial charge on any atom is -0.462 e. The van der Waals surface area contributed by atoms with Gasteiger partial charge >= 0.3 is 17.9 Å². The predicted molar refractivity (Wildman–Crippen MR) is 243 cm³/mol. The number of unbranched alkanes of at least 4 members (excludes halogenated alkanes) is 36. The van der Waals surface area contributed by atoms with Crippen LogP contribution in [0, 0.1) is 0 Å². The highest BCUT2D eigenvalue weighted by atomic mass is 16.6. The first-order valence-electron chi connectivity index (χ1n) is 25.5. The average molecular weight is 807 g/mol. The van der Waals surface area contributed by atoms with Gasteiger partial charge in [-0.25, -0.2) is 0 Å². The van der Waals surface area contributed by atoms with Gasteiger partial charge in [-0.05, 0) is 19.3 Å². The van der Waals surface area contributed by atoms with Gasteiger partial charge in [-0.2, -0.15) is 0 Å². The van der Waals surface area contributed by atoms with Crippen molar-refractivity contribution in [2.45, 2.75) is 297 Å². The lowest BCUT2D eigenvalue weighted by molar-refractivity contribution is -0.167. The third-order valence-corrected chi connectivity index (χ3v) is 11.6. The van der Waals surface area contributed by atoms with Gasteiger partial charge in [-0.1, -0.05) is 252 Å². The first kappa shape index (κ1) is 55.4. The molecule has 0 aromatic carbocycles. The summed E-state index contributed by atoms with van der Waals surface area (Å²) in [6, 6.07) is 0. The smallest absolute Gasteiger partial charge is 0.306 e. The molecule has 0 aliphatic heterocycles. The summed E-state index contributed by atoms with van der Waals surface area (Å²) >= 11 is 0. The van der Waals surface area contributed by atoms with Crippen molar-refractivity contribution in [3.05, 3.63) is 0 Å². The second-order valence-corrected chi connectivity index (χ2v) is 17.5. The Morgan fingerprint density at radius 2 is 0.474 bits per heavy atom. The highest BCUT2D eigenvalue weighted by molar-refractivity contribution is 5.71. The lowest BCUT2D eigenvalue weighted by Gasteiger charge is -2.18. The van der Waals surface area contributed by atoms with E-state index in [-0.39, 0.29) is 31.1 Å². The number of hydrogen-bond acceptors (Lipinski definition) is 6. The fourth-order valence-electron chi connectivity index (χ4n) is 7.74. The molecule has 0 fully saturated rings. The van der Waals surface area contributed by atoms with Crippen LogP contribution in [-0.4, -0.2) is 37.2 Å². The standard InChI is InChI=1S/C51H98O6/c1-4-7-10-13-16-19-22-24-25-26-28-30-33-35-38-41-44-50(53)56-47-48(57-51(54)45-42-39-36-31-21-18-15-12-9-6-3)46-55-49(52)43-40-37-34-32-29-27-23-20-17-14-11-8-5-2/h48H,4-47H2,1-3H3/t48-/m1/s1. The number of carbonyl (C=O) groups is 3. The molecule has 0 aromatic heterocycles. The van der Waals surface area contributed by atoms with Crippen molar-refractivity contribution in [3.8, 4) is 0 Å². The molecule has 6 nitrogen and oxygen atoms in total. The Morgan fingerprint density at radius 3 is 0.702 bits per heavy atom. The average Bonchev–Trinajstić information content (AvgIpc) is 3.21. The van der Waals surface area contributed by atoms with Gasteiger partial charge in [-0.15, -0.1) is 0 Å². The van der Waals surface area contributed by atoms with E-state index >= 15 is 0 Å². The molecular formula is C51H98O6. The van der Waals surface area contributed by atoms with Crippen molar-refractivity contribution in [1.29, 1.82) is 0 Å². The van der Waals surface area contributed by atoms with Crippen LogP contribution in [0.3, 0.4) is 0 Å². The minimum absolute atomic E-state index is 0.0620. The fourth-order valence-corrected chi connectivity index (χ4v) is 7.74. The zero-order chi connectivity index (χ0) is 41.5. The van der Waals surface area contributed by atoms with Crippen molar-refractivity contribution >= 4 is 17.9 Å². The summed E-state index contributed by atoms with van der Waals surface area (Å²) in [6.45, 7) is 6.67. The summed E-state index contributed by atoms with van der Waals surface area (Å²) in [5, 5.41) is 0. The van der Waals surface area contributed by atoms with E-state index in [0.29, 0.717) is 19.3 Å². The van der Waals surface area contributed by atoms with Crippen LogP contribution in [-0.2, 0) is 28.6 Å². The van der Waals surface area contributed by atoms with Gasteiger partial charge < -0.3 is 14.2 Å². The van der Waals surface area contributed by atoms with Gasteiger partial charge in [0.25, 0.3) is 0 Å². The molecule has 0 spiro atoms. The maximum atomic E-state index is 12.7. The van der Waals surface area contributed by atoms with E-state index in [0.717, 1.165) is 57.8 Å². The van der Waals surface area contributed by atoms with Crippen LogP contribution in [0.25, 0.3) is 0 Å². The number of ether oxygens (including phenoxy) is 3. The van der Waals surface area contributed by atoms with Crippen LogP contribution >= 0.6 is 0 Å². The van der Waals surface area contributed by atoms with E-state index in [2.05, 4.69) is 20.8 Å². The maximum absolute atomic E-state index is 12.7. The maximum Gasteiger partial charge on any atom is 0.306 e. The third kappa shape index (κ3) is 45.3. The van der Waals surface area contributed by atoms with Gasteiger partial charge in [0.1, 0.15) is 13.2 Å². The molecule has 0 unspecified atom stereocenters. The Morgan fingerprint density at radius 1 is 0.281 bits per heavy atom. The summed E-state index contributed by atoms with van der Waals surface area (Å²) in [4.78, 5) is 37.8. The van der Waals surface area contributed by atoms with Crippen LogP contribution in [0.15, 0.2) is 0 Å². The Kier molecular flexibility index (Phi) is 45.8. The molecule has 0 aromatic rings. The van der Waals surface area contributed by atoms with Crippen molar-refractivity contribution in [1.82, 2.24) is 0 Å². The number of esters is 3. The molecular weight excluding hydrogens is 709 g/mol. The Hall–Kier alpha value is -1.59. The van der Waals surface area contributed by atoms with Crippen LogP contribution in [0.4, 0.5) is 0 Å². The zero-order valence-corrected chi connectivity index (χ0v) is 38.6. The van der Waals surface area contributed by atoms with Crippen LogP contribution in [0.5, 0.6) is 0 Å². The van der Waals surface area contributed by atoms with E-state index in [1.165, 1.54) is 193 Å². The second kappa shape index (κ2) is 47.1. The molecule has 0 aliphatic rings. The van der Waals surface area contributed by atoms with Gasteiger partial charge in [-0.3, -0.25) is 14.4 Å². The van der Waals surface area contributed by atoms with Gasteiger partial charge in [0.05, 0.1) is 0 Å². The van der Waals surface area contributed by atoms with Crippen LogP contribution in [0.1, 0.15) is 290 Å². The van der Waals surface area contributed by atoms with E-state index in [9.17, 15) is 14.4 Å². The molecule has 338 valence electrons. The SMILES string of the molecule is CCCCCCCCCCCCCCCCCCC(=O)OC[C@@H](COC(=O)CCCCCCCCCCCCCCC)OC(=O)CCCCCCCCCCCC. The van der Waals surface area contributed by atoms with Crippen molar-refractivity contribution in [2.75, 3.05) is 13.2 Å². The first-order valence-corrected chi connectivity index (χ1v) is 25.5. The molecule has 0 bridgehead atoms. The molecule has 0 heterocycles. The Balaban J connectivity index is 4.26. The lowest BCUT2D eigenvalue weighted by atomic mass is 10.0. The molecule has 0 aliphatic carbocycles.